The zero-order valence-electron chi connectivity index (χ0n) is 14.9. The second-order valence-corrected chi connectivity index (χ2v) is 6.15. The second-order valence-electron chi connectivity index (χ2n) is 6.15. The Morgan fingerprint density at radius 1 is 1.24 bits per heavy atom. The summed E-state index contributed by atoms with van der Waals surface area (Å²) in [5.41, 5.74) is 1.04. The Balaban J connectivity index is 1.56. The molecule has 2 aromatic rings. The van der Waals surface area contributed by atoms with E-state index in [-0.39, 0.29) is 11.7 Å². The minimum Gasteiger partial charge on any atom is -0.496 e. The standard InChI is InChI=1S/C19H25N3O3/c1-3-21-13-10-20-18(19(21)23)22-11-8-16(9-12-22)25-14-15-6-4-5-7-17(15)24-2/h4-7,10,13,16H,3,8-9,11-12,14H2,1-2H3. The van der Waals surface area contributed by atoms with E-state index in [0.717, 1.165) is 37.2 Å². The number of rotatable bonds is 6. The first-order chi connectivity index (χ1) is 12.2. The third-order valence-corrected chi connectivity index (χ3v) is 4.64. The molecule has 3 rings (SSSR count). The van der Waals surface area contributed by atoms with Gasteiger partial charge in [0, 0.05) is 37.6 Å². The molecule has 2 heterocycles. The lowest BCUT2D eigenvalue weighted by atomic mass is 10.1. The van der Waals surface area contributed by atoms with Gasteiger partial charge >= 0.3 is 0 Å². The third-order valence-electron chi connectivity index (χ3n) is 4.64. The smallest absolute Gasteiger partial charge is 0.293 e. The topological polar surface area (TPSA) is 56.6 Å². The van der Waals surface area contributed by atoms with Gasteiger partial charge in [0.25, 0.3) is 5.56 Å². The van der Waals surface area contributed by atoms with Crippen molar-refractivity contribution in [2.45, 2.75) is 39.0 Å². The van der Waals surface area contributed by atoms with Crippen LogP contribution in [0, 0.1) is 0 Å². The highest BCUT2D eigenvalue weighted by Gasteiger charge is 2.23. The average Bonchev–Trinajstić information content (AvgIpc) is 2.67. The van der Waals surface area contributed by atoms with Crippen LogP contribution in [0.15, 0.2) is 41.5 Å². The van der Waals surface area contributed by atoms with Gasteiger partial charge in [-0.15, -0.1) is 0 Å². The van der Waals surface area contributed by atoms with Crippen molar-refractivity contribution in [3.63, 3.8) is 0 Å². The van der Waals surface area contributed by atoms with Crippen LogP contribution < -0.4 is 15.2 Å². The van der Waals surface area contributed by atoms with E-state index in [1.165, 1.54) is 0 Å². The third kappa shape index (κ3) is 4.02. The lowest BCUT2D eigenvalue weighted by molar-refractivity contribution is 0.0241. The number of piperidine rings is 1. The molecule has 0 aliphatic carbocycles. The van der Waals surface area contributed by atoms with Crippen molar-refractivity contribution >= 4 is 5.82 Å². The molecule has 0 atom stereocenters. The minimum atomic E-state index is -0.0154. The number of benzene rings is 1. The highest BCUT2D eigenvalue weighted by atomic mass is 16.5. The van der Waals surface area contributed by atoms with E-state index >= 15 is 0 Å². The van der Waals surface area contributed by atoms with Crippen LogP contribution in [0.2, 0.25) is 0 Å². The monoisotopic (exact) mass is 343 g/mol. The first-order valence-corrected chi connectivity index (χ1v) is 8.76. The maximum Gasteiger partial charge on any atom is 0.293 e. The molecule has 1 aliphatic rings. The maximum absolute atomic E-state index is 12.4. The molecule has 0 bridgehead atoms. The first kappa shape index (κ1) is 17.5. The molecule has 134 valence electrons. The molecule has 0 amide bonds. The molecule has 0 radical (unpaired) electrons. The fraction of sp³-hybridized carbons (Fsp3) is 0.474. The zero-order valence-corrected chi connectivity index (χ0v) is 14.9. The van der Waals surface area contributed by atoms with Crippen molar-refractivity contribution in [1.29, 1.82) is 0 Å². The molecule has 0 spiro atoms. The first-order valence-electron chi connectivity index (χ1n) is 8.76. The molecular formula is C19H25N3O3. The van der Waals surface area contributed by atoms with Crippen LogP contribution in [0.1, 0.15) is 25.3 Å². The van der Waals surface area contributed by atoms with Crippen LogP contribution in [0.3, 0.4) is 0 Å². The minimum absolute atomic E-state index is 0.0154. The van der Waals surface area contributed by atoms with Gasteiger partial charge in [-0.25, -0.2) is 4.98 Å². The summed E-state index contributed by atoms with van der Waals surface area (Å²) >= 11 is 0. The van der Waals surface area contributed by atoms with Crippen molar-refractivity contribution in [3.05, 3.63) is 52.6 Å². The zero-order chi connectivity index (χ0) is 17.6. The van der Waals surface area contributed by atoms with Gasteiger partial charge in [-0.3, -0.25) is 4.79 Å². The molecular weight excluding hydrogens is 318 g/mol. The molecule has 0 saturated carbocycles. The van der Waals surface area contributed by atoms with Gasteiger partial charge in [-0.1, -0.05) is 18.2 Å². The number of aryl methyl sites for hydroxylation is 1. The molecule has 1 fully saturated rings. The summed E-state index contributed by atoms with van der Waals surface area (Å²) in [5.74, 6) is 1.40. The maximum atomic E-state index is 12.4. The van der Waals surface area contributed by atoms with Crippen LogP contribution in [0.5, 0.6) is 5.75 Å². The largest absolute Gasteiger partial charge is 0.496 e. The Morgan fingerprint density at radius 2 is 2.00 bits per heavy atom. The lowest BCUT2D eigenvalue weighted by Crippen LogP contribution is -2.41. The second kappa shape index (κ2) is 8.16. The summed E-state index contributed by atoms with van der Waals surface area (Å²) in [6, 6.07) is 7.91. The van der Waals surface area contributed by atoms with Gasteiger partial charge in [0.15, 0.2) is 5.82 Å². The van der Waals surface area contributed by atoms with E-state index in [2.05, 4.69) is 9.88 Å². The van der Waals surface area contributed by atoms with Gasteiger partial charge in [0.1, 0.15) is 5.75 Å². The van der Waals surface area contributed by atoms with Crippen LogP contribution in [0.4, 0.5) is 5.82 Å². The molecule has 1 saturated heterocycles. The number of nitrogens with zero attached hydrogens (tertiary/aromatic N) is 3. The fourth-order valence-electron chi connectivity index (χ4n) is 3.17. The quantitative estimate of drug-likeness (QED) is 0.806. The van der Waals surface area contributed by atoms with Crippen molar-refractivity contribution in [2.24, 2.45) is 0 Å². The lowest BCUT2D eigenvalue weighted by Gasteiger charge is -2.32. The van der Waals surface area contributed by atoms with E-state index in [1.807, 2.05) is 31.2 Å². The predicted octanol–water partition coefficient (Wildman–Crippen LogP) is 2.46. The summed E-state index contributed by atoms with van der Waals surface area (Å²) in [6.07, 6.45) is 5.40. The molecule has 1 aromatic heterocycles. The number of methoxy groups -OCH3 is 1. The van der Waals surface area contributed by atoms with Crippen molar-refractivity contribution in [2.75, 3.05) is 25.1 Å². The molecule has 0 unspecified atom stereocenters. The number of para-hydroxylation sites is 1. The number of aromatic nitrogens is 2. The van der Waals surface area contributed by atoms with Gasteiger partial charge < -0.3 is 18.9 Å². The molecule has 6 heteroatoms. The van der Waals surface area contributed by atoms with E-state index in [1.54, 1.807) is 24.1 Å². The number of hydrogen-bond donors (Lipinski definition) is 0. The van der Waals surface area contributed by atoms with Crippen LogP contribution in [0.25, 0.3) is 0 Å². The molecule has 25 heavy (non-hydrogen) atoms. The van der Waals surface area contributed by atoms with Crippen molar-refractivity contribution in [1.82, 2.24) is 9.55 Å². The van der Waals surface area contributed by atoms with Gasteiger partial charge in [-0.05, 0) is 25.8 Å². The summed E-state index contributed by atoms with van der Waals surface area (Å²) in [6.45, 7) is 4.73. The van der Waals surface area contributed by atoms with E-state index in [4.69, 9.17) is 9.47 Å². The SMILES string of the molecule is CCn1ccnc(N2CCC(OCc3ccccc3OC)CC2)c1=O. The van der Waals surface area contributed by atoms with E-state index < -0.39 is 0 Å². The Labute approximate surface area is 148 Å². The summed E-state index contributed by atoms with van der Waals surface area (Å²) < 4.78 is 13.1. The Bertz CT molecular complexity index is 752. The Hall–Kier alpha value is -2.34. The average molecular weight is 343 g/mol. The Kier molecular flexibility index (Phi) is 5.71. The van der Waals surface area contributed by atoms with E-state index in [0.29, 0.717) is 19.0 Å². The number of anilines is 1. The van der Waals surface area contributed by atoms with Gasteiger partial charge in [0.2, 0.25) is 0 Å². The Morgan fingerprint density at radius 3 is 2.72 bits per heavy atom. The molecule has 1 aliphatic heterocycles. The van der Waals surface area contributed by atoms with Crippen LogP contribution in [-0.4, -0.2) is 35.9 Å². The highest BCUT2D eigenvalue weighted by molar-refractivity contribution is 5.36. The van der Waals surface area contributed by atoms with Crippen LogP contribution in [-0.2, 0) is 17.9 Å². The van der Waals surface area contributed by atoms with Gasteiger partial charge in [0.05, 0.1) is 19.8 Å². The number of ether oxygens (including phenoxy) is 2. The predicted molar refractivity (Wildman–Crippen MR) is 97.2 cm³/mol. The molecule has 0 N–H and O–H groups in total. The van der Waals surface area contributed by atoms with Crippen LogP contribution >= 0.6 is 0 Å². The van der Waals surface area contributed by atoms with Crippen molar-refractivity contribution in [3.8, 4) is 5.75 Å². The highest BCUT2D eigenvalue weighted by Crippen LogP contribution is 2.22. The number of hydrogen-bond acceptors (Lipinski definition) is 5. The molecule has 6 nitrogen and oxygen atoms in total. The van der Waals surface area contributed by atoms with E-state index in [9.17, 15) is 4.79 Å². The van der Waals surface area contributed by atoms with Crippen molar-refractivity contribution < 1.29 is 9.47 Å². The summed E-state index contributed by atoms with van der Waals surface area (Å²) in [4.78, 5) is 18.7. The summed E-state index contributed by atoms with van der Waals surface area (Å²) in [5, 5.41) is 0. The fourth-order valence-corrected chi connectivity index (χ4v) is 3.17. The molecule has 1 aromatic carbocycles. The summed E-state index contributed by atoms with van der Waals surface area (Å²) in [7, 11) is 1.67. The van der Waals surface area contributed by atoms with Gasteiger partial charge in [-0.2, -0.15) is 0 Å². The normalized spacial score (nSPS) is 15.4.